The highest BCUT2D eigenvalue weighted by Gasteiger charge is 2.26. The monoisotopic (exact) mass is 263 g/mol. The second-order valence-electron chi connectivity index (χ2n) is 3.28. The maximum absolute atomic E-state index is 12.0. The Kier molecular flexibility index (Phi) is 3.48. The number of hydrogen-bond donors (Lipinski definition) is 0. The van der Waals surface area contributed by atoms with Crippen LogP contribution in [0.5, 0.6) is 0 Å². The van der Waals surface area contributed by atoms with E-state index in [9.17, 15) is 4.79 Å². The second kappa shape index (κ2) is 4.67. The summed E-state index contributed by atoms with van der Waals surface area (Å²) < 4.78 is 0.317. The van der Waals surface area contributed by atoms with Gasteiger partial charge in [-0.1, -0.05) is 11.3 Å². The molecule has 1 fully saturated rings. The molecule has 2 heterocycles. The summed E-state index contributed by atoms with van der Waals surface area (Å²) in [7, 11) is 0. The molecule has 4 nitrogen and oxygen atoms in total. The quantitative estimate of drug-likeness (QED) is 0.775. The van der Waals surface area contributed by atoms with Gasteiger partial charge in [-0.3, -0.25) is 4.79 Å². The predicted molar refractivity (Wildman–Crippen MR) is 62.7 cm³/mol. The van der Waals surface area contributed by atoms with Crippen LogP contribution in [-0.2, 0) is 0 Å². The summed E-state index contributed by atoms with van der Waals surface area (Å²) in [5.41, 5.74) is 0. The van der Waals surface area contributed by atoms with E-state index < -0.39 is 0 Å². The lowest BCUT2D eigenvalue weighted by atomic mass is 10.3. The molecule has 1 unspecified atom stereocenters. The number of nitrogens with zero attached hydrogens (tertiary/aromatic N) is 3. The van der Waals surface area contributed by atoms with Crippen LogP contribution in [0.1, 0.15) is 16.7 Å². The molecular formula is C8H10ClN3OS2. The van der Waals surface area contributed by atoms with Gasteiger partial charge in [-0.15, -0.1) is 10.2 Å². The van der Waals surface area contributed by atoms with Gasteiger partial charge in [0.2, 0.25) is 9.47 Å². The molecule has 1 saturated heterocycles. The van der Waals surface area contributed by atoms with Crippen molar-refractivity contribution in [2.24, 2.45) is 0 Å². The number of carbonyl (C=O) groups excluding carboxylic acids is 1. The molecule has 1 aromatic rings. The van der Waals surface area contributed by atoms with Crippen LogP contribution in [0.15, 0.2) is 0 Å². The maximum Gasteiger partial charge on any atom is 0.285 e. The minimum atomic E-state index is -0.0489. The minimum Gasteiger partial charge on any atom is -0.332 e. The maximum atomic E-state index is 12.0. The zero-order chi connectivity index (χ0) is 10.8. The summed E-state index contributed by atoms with van der Waals surface area (Å²) in [6, 6.07) is 0.263. The summed E-state index contributed by atoms with van der Waals surface area (Å²) in [5.74, 6) is 1.92. The molecular weight excluding hydrogens is 254 g/mol. The van der Waals surface area contributed by atoms with Crippen molar-refractivity contribution >= 4 is 40.6 Å². The van der Waals surface area contributed by atoms with Gasteiger partial charge < -0.3 is 4.90 Å². The van der Waals surface area contributed by atoms with Crippen molar-refractivity contribution in [1.82, 2.24) is 15.1 Å². The highest BCUT2D eigenvalue weighted by Crippen LogP contribution is 2.21. The molecule has 1 aromatic heterocycles. The van der Waals surface area contributed by atoms with Gasteiger partial charge in [0.1, 0.15) is 0 Å². The van der Waals surface area contributed by atoms with Crippen molar-refractivity contribution < 1.29 is 4.79 Å². The summed E-state index contributed by atoms with van der Waals surface area (Å²) in [5, 5.41) is 7.79. The molecule has 0 N–H and O–H groups in total. The van der Waals surface area contributed by atoms with E-state index in [1.807, 2.05) is 23.6 Å². The first kappa shape index (κ1) is 11.2. The van der Waals surface area contributed by atoms with E-state index in [1.165, 1.54) is 0 Å². The van der Waals surface area contributed by atoms with Gasteiger partial charge in [-0.05, 0) is 18.5 Å². The Morgan fingerprint density at radius 2 is 2.40 bits per heavy atom. The third-order valence-corrected chi connectivity index (χ3v) is 4.41. The average Bonchev–Trinajstić information content (AvgIpc) is 2.65. The minimum absolute atomic E-state index is 0.0489. The molecule has 15 heavy (non-hydrogen) atoms. The van der Waals surface area contributed by atoms with E-state index >= 15 is 0 Å². The van der Waals surface area contributed by atoms with Crippen LogP contribution < -0.4 is 0 Å². The van der Waals surface area contributed by atoms with Crippen molar-refractivity contribution in [1.29, 1.82) is 0 Å². The van der Waals surface area contributed by atoms with Crippen molar-refractivity contribution in [3.8, 4) is 0 Å². The number of thioether (sulfide) groups is 1. The Labute approximate surface area is 101 Å². The third-order valence-electron chi connectivity index (χ3n) is 2.21. The molecule has 82 valence electrons. The highest BCUT2D eigenvalue weighted by molar-refractivity contribution is 7.99. The lowest BCUT2D eigenvalue weighted by Gasteiger charge is -2.32. The van der Waals surface area contributed by atoms with E-state index in [1.54, 1.807) is 0 Å². The number of carbonyl (C=O) groups is 1. The summed E-state index contributed by atoms with van der Waals surface area (Å²) in [6.07, 6.45) is 0. The van der Waals surface area contributed by atoms with Crippen LogP contribution in [0.25, 0.3) is 0 Å². The molecule has 0 spiro atoms. The number of halogens is 1. The SMILES string of the molecule is CC1CSCCN1C(=O)c1nnc(Cl)s1. The molecule has 0 bridgehead atoms. The first-order valence-corrected chi connectivity index (χ1v) is 6.91. The van der Waals surface area contributed by atoms with Gasteiger partial charge in [0.05, 0.1) is 0 Å². The molecule has 0 saturated carbocycles. The molecule has 2 rings (SSSR count). The fourth-order valence-corrected chi connectivity index (χ4v) is 3.24. The molecule has 1 atom stereocenters. The fourth-order valence-electron chi connectivity index (χ4n) is 1.44. The van der Waals surface area contributed by atoms with Crippen LogP contribution in [0.3, 0.4) is 0 Å². The number of rotatable bonds is 1. The van der Waals surface area contributed by atoms with E-state index in [0.717, 1.165) is 29.4 Å². The second-order valence-corrected chi connectivity index (χ2v) is 5.99. The zero-order valence-corrected chi connectivity index (χ0v) is 10.5. The molecule has 7 heteroatoms. The van der Waals surface area contributed by atoms with Crippen LogP contribution in [0.2, 0.25) is 4.47 Å². The summed E-state index contributed by atoms with van der Waals surface area (Å²) >= 11 is 8.66. The normalized spacial score (nSPS) is 21.7. The summed E-state index contributed by atoms with van der Waals surface area (Å²) in [4.78, 5) is 13.8. The highest BCUT2D eigenvalue weighted by atomic mass is 35.5. The zero-order valence-electron chi connectivity index (χ0n) is 8.14. The van der Waals surface area contributed by atoms with Gasteiger partial charge in [0, 0.05) is 24.1 Å². The first-order valence-electron chi connectivity index (χ1n) is 4.56. The molecule has 0 aromatic carbocycles. The van der Waals surface area contributed by atoms with Crippen molar-refractivity contribution in [3.05, 3.63) is 9.47 Å². The molecule has 1 aliphatic rings. The Balaban J connectivity index is 2.13. The smallest absolute Gasteiger partial charge is 0.285 e. The Hall–Kier alpha value is -0.330. The number of amides is 1. The third kappa shape index (κ3) is 2.43. The lowest BCUT2D eigenvalue weighted by Crippen LogP contribution is -2.44. The van der Waals surface area contributed by atoms with Crippen molar-refractivity contribution in [2.75, 3.05) is 18.1 Å². The van der Waals surface area contributed by atoms with Crippen LogP contribution in [-0.4, -0.2) is 45.1 Å². The van der Waals surface area contributed by atoms with Gasteiger partial charge in [-0.2, -0.15) is 11.8 Å². The largest absolute Gasteiger partial charge is 0.332 e. The first-order chi connectivity index (χ1) is 7.18. The van der Waals surface area contributed by atoms with Crippen molar-refractivity contribution in [3.63, 3.8) is 0 Å². The van der Waals surface area contributed by atoms with Gasteiger partial charge >= 0.3 is 0 Å². The molecule has 0 radical (unpaired) electrons. The Morgan fingerprint density at radius 3 is 3.00 bits per heavy atom. The standard InChI is InChI=1S/C8H10ClN3OS2/c1-5-4-14-3-2-12(5)7(13)6-10-11-8(9)15-6/h5H,2-4H2,1H3. The number of hydrogen-bond acceptors (Lipinski definition) is 5. The van der Waals surface area contributed by atoms with Crippen LogP contribution >= 0.6 is 34.7 Å². The van der Waals surface area contributed by atoms with Crippen molar-refractivity contribution in [2.45, 2.75) is 13.0 Å². The van der Waals surface area contributed by atoms with E-state index in [0.29, 0.717) is 9.47 Å². The molecule has 0 aliphatic carbocycles. The van der Waals surface area contributed by atoms with Gasteiger partial charge in [0.25, 0.3) is 5.91 Å². The topological polar surface area (TPSA) is 46.1 Å². The Bertz CT molecular complexity index is 371. The molecule has 1 amide bonds. The molecule has 1 aliphatic heterocycles. The van der Waals surface area contributed by atoms with Crippen LogP contribution in [0.4, 0.5) is 0 Å². The van der Waals surface area contributed by atoms with Crippen LogP contribution in [0, 0.1) is 0 Å². The van der Waals surface area contributed by atoms with Gasteiger partial charge in [-0.25, -0.2) is 0 Å². The van der Waals surface area contributed by atoms with E-state index in [4.69, 9.17) is 11.6 Å². The van der Waals surface area contributed by atoms with E-state index in [-0.39, 0.29) is 11.9 Å². The lowest BCUT2D eigenvalue weighted by molar-refractivity contribution is 0.0715. The average molecular weight is 264 g/mol. The van der Waals surface area contributed by atoms with Gasteiger partial charge in [0.15, 0.2) is 0 Å². The summed E-state index contributed by atoms with van der Waals surface area (Å²) in [6.45, 7) is 2.83. The van der Waals surface area contributed by atoms with E-state index in [2.05, 4.69) is 10.2 Å². The number of aromatic nitrogens is 2. The fraction of sp³-hybridized carbons (Fsp3) is 0.625. The Morgan fingerprint density at radius 1 is 1.60 bits per heavy atom. The predicted octanol–water partition coefficient (Wildman–Crippen LogP) is 1.77.